The fourth-order valence-electron chi connectivity index (χ4n) is 3.48. The lowest BCUT2D eigenvalue weighted by Gasteiger charge is -2.09. The molecule has 0 aliphatic carbocycles. The van der Waals surface area contributed by atoms with Crippen molar-refractivity contribution in [3.8, 4) is 22.5 Å². The third kappa shape index (κ3) is 6.04. The van der Waals surface area contributed by atoms with E-state index in [1.54, 1.807) is 31.3 Å². The monoisotopic (exact) mass is 491 g/mol. The zero-order valence-corrected chi connectivity index (χ0v) is 19.6. The summed E-state index contributed by atoms with van der Waals surface area (Å²) < 4.78 is 10.6. The molecule has 1 amide bonds. The standard InChI is InChI=1S/C26H22ClN3O5/c1-16-24(29-26(33)34-13-12-18-4-2-3-5-21(18)27)25(30-35-16)20-9-7-19(8-10-20)22-11-6-17(15-28-22)14-23(31)32/h2-11,15H,12-14H2,1H3,(H,29,33)(H,31,32). The van der Waals surface area contributed by atoms with Crippen LogP contribution in [0.1, 0.15) is 16.9 Å². The number of rotatable bonds is 8. The molecule has 0 aliphatic heterocycles. The number of hydrogen-bond acceptors (Lipinski definition) is 6. The number of amides is 1. The normalized spacial score (nSPS) is 10.7. The zero-order chi connectivity index (χ0) is 24.8. The van der Waals surface area contributed by atoms with Gasteiger partial charge in [0.25, 0.3) is 0 Å². The predicted octanol–water partition coefficient (Wildman–Crippen LogP) is 5.78. The van der Waals surface area contributed by atoms with Crippen LogP contribution >= 0.6 is 11.6 Å². The van der Waals surface area contributed by atoms with Crippen LogP contribution in [0, 0.1) is 6.92 Å². The molecule has 4 aromatic rings. The lowest BCUT2D eigenvalue weighted by molar-refractivity contribution is -0.136. The summed E-state index contributed by atoms with van der Waals surface area (Å²) in [7, 11) is 0. The summed E-state index contributed by atoms with van der Waals surface area (Å²) in [6.45, 7) is 1.87. The molecule has 35 heavy (non-hydrogen) atoms. The molecular formula is C26H22ClN3O5. The number of pyridine rings is 1. The Morgan fingerprint density at radius 3 is 2.49 bits per heavy atom. The van der Waals surface area contributed by atoms with E-state index < -0.39 is 12.1 Å². The Hall–Kier alpha value is -4.17. The summed E-state index contributed by atoms with van der Waals surface area (Å²) in [4.78, 5) is 27.6. The number of aliphatic carboxylic acids is 1. The van der Waals surface area contributed by atoms with Crippen molar-refractivity contribution >= 4 is 29.4 Å². The van der Waals surface area contributed by atoms with Crippen LogP contribution in [0.4, 0.5) is 10.5 Å². The van der Waals surface area contributed by atoms with Crippen molar-refractivity contribution in [2.24, 2.45) is 0 Å². The molecule has 178 valence electrons. The van der Waals surface area contributed by atoms with E-state index in [4.69, 9.17) is 26.0 Å². The molecule has 0 saturated heterocycles. The SMILES string of the molecule is Cc1onc(-c2ccc(-c3ccc(CC(=O)O)cn3)cc2)c1NC(=O)OCCc1ccccc1Cl. The Kier molecular flexibility index (Phi) is 7.42. The lowest BCUT2D eigenvalue weighted by Crippen LogP contribution is -2.16. The lowest BCUT2D eigenvalue weighted by atomic mass is 10.0. The molecular weight excluding hydrogens is 470 g/mol. The van der Waals surface area contributed by atoms with E-state index in [-0.39, 0.29) is 13.0 Å². The Bertz CT molecular complexity index is 1330. The topological polar surface area (TPSA) is 115 Å². The first kappa shape index (κ1) is 24.0. The highest BCUT2D eigenvalue weighted by atomic mass is 35.5. The maximum atomic E-state index is 12.4. The van der Waals surface area contributed by atoms with Gasteiger partial charge in [0.2, 0.25) is 0 Å². The Morgan fingerprint density at radius 1 is 1.06 bits per heavy atom. The number of halogens is 1. The van der Waals surface area contributed by atoms with E-state index in [1.165, 1.54) is 0 Å². The number of nitrogens with zero attached hydrogens (tertiary/aromatic N) is 2. The van der Waals surface area contributed by atoms with Crippen molar-refractivity contribution in [1.82, 2.24) is 10.1 Å². The van der Waals surface area contributed by atoms with Gasteiger partial charge in [-0.15, -0.1) is 0 Å². The number of hydrogen-bond donors (Lipinski definition) is 2. The van der Waals surface area contributed by atoms with Gasteiger partial charge in [-0.1, -0.05) is 65.3 Å². The second-order valence-electron chi connectivity index (χ2n) is 7.76. The van der Waals surface area contributed by atoms with Crippen LogP contribution in [0.15, 0.2) is 71.4 Å². The highest BCUT2D eigenvalue weighted by Gasteiger charge is 2.18. The van der Waals surface area contributed by atoms with E-state index in [2.05, 4.69) is 15.5 Å². The molecule has 2 heterocycles. The smallest absolute Gasteiger partial charge is 0.411 e. The summed E-state index contributed by atoms with van der Waals surface area (Å²) in [5, 5.41) is 16.3. The highest BCUT2D eigenvalue weighted by molar-refractivity contribution is 6.31. The number of carbonyl (C=O) groups is 2. The maximum Gasteiger partial charge on any atom is 0.411 e. The number of carboxylic acid groups (broad SMARTS) is 1. The molecule has 2 N–H and O–H groups in total. The van der Waals surface area contributed by atoms with Crippen LogP contribution in [0.5, 0.6) is 0 Å². The average molecular weight is 492 g/mol. The molecule has 0 spiro atoms. The van der Waals surface area contributed by atoms with Crippen molar-refractivity contribution < 1.29 is 24.0 Å². The van der Waals surface area contributed by atoms with Crippen LogP contribution in [0.25, 0.3) is 22.5 Å². The fourth-order valence-corrected chi connectivity index (χ4v) is 3.71. The van der Waals surface area contributed by atoms with Crippen LogP contribution in [0.2, 0.25) is 5.02 Å². The zero-order valence-electron chi connectivity index (χ0n) is 18.8. The van der Waals surface area contributed by atoms with Gasteiger partial charge in [0.05, 0.1) is 18.7 Å². The van der Waals surface area contributed by atoms with Crippen LogP contribution in [-0.2, 0) is 22.4 Å². The van der Waals surface area contributed by atoms with Gasteiger partial charge in [-0.05, 0) is 30.2 Å². The number of aromatic nitrogens is 2. The van der Waals surface area contributed by atoms with E-state index in [0.29, 0.717) is 39.8 Å². The van der Waals surface area contributed by atoms with Gasteiger partial charge >= 0.3 is 12.1 Å². The quantitative estimate of drug-likeness (QED) is 0.321. The number of nitrogens with one attached hydrogen (secondary N) is 1. The van der Waals surface area contributed by atoms with Crippen molar-refractivity contribution in [1.29, 1.82) is 0 Å². The van der Waals surface area contributed by atoms with Crippen LogP contribution in [-0.4, -0.2) is 33.9 Å². The van der Waals surface area contributed by atoms with Gasteiger partial charge < -0.3 is 14.4 Å². The first-order chi connectivity index (χ1) is 16.9. The molecule has 2 aromatic carbocycles. The van der Waals surface area contributed by atoms with Gasteiger partial charge in [-0.2, -0.15) is 0 Å². The van der Waals surface area contributed by atoms with E-state index in [9.17, 15) is 9.59 Å². The second kappa shape index (κ2) is 10.8. The number of benzene rings is 2. The molecule has 0 aliphatic rings. The number of carbonyl (C=O) groups excluding carboxylic acids is 1. The summed E-state index contributed by atoms with van der Waals surface area (Å²) >= 11 is 6.14. The van der Waals surface area contributed by atoms with Gasteiger partial charge in [0, 0.05) is 28.8 Å². The maximum absolute atomic E-state index is 12.4. The third-order valence-corrected chi connectivity index (χ3v) is 5.66. The number of anilines is 1. The molecule has 0 bridgehead atoms. The average Bonchev–Trinajstić information content (AvgIpc) is 3.20. The van der Waals surface area contributed by atoms with Crippen molar-refractivity contribution in [2.45, 2.75) is 19.8 Å². The summed E-state index contributed by atoms with van der Waals surface area (Å²) in [5.41, 5.74) is 4.73. The van der Waals surface area contributed by atoms with Crippen LogP contribution < -0.4 is 5.32 Å². The van der Waals surface area contributed by atoms with E-state index in [1.807, 2.05) is 42.5 Å². The molecule has 2 aromatic heterocycles. The summed E-state index contributed by atoms with van der Waals surface area (Å²) in [6, 6.07) is 18.3. The van der Waals surface area contributed by atoms with E-state index in [0.717, 1.165) is 16.7 Å². The molecule has 4 rings (SSSR count). The number of ether oxygens (including phenoxy) is 1. The largest absolute Gasteiger partial charge is 0.481 e. The van der Waals surface area contributed by atoms with Crippen molar-refractivity contribution in [3.05, 3.63) is 88.8 Å². The first-order valence-electron chi connectivity index (χ1n) is 10.8. The first-order valence-corrected chi connectivity index (χ1v) is 11.2. The Morgan fingerprint density at radius 2 is 1.80 bits per heavy atom. The third-order valence-electron chi connectivity index (χ3n) is 5.29. The second-order valence-corrected chi connectivity index (χ2v) is 8.17. The Labute approximate surface area is 206 Å². The minimum absolute atomic E-state index is 0.0735. The minimum Gasteiger partial charge on any atom is -0.481 e. The molecule has 0 unspecified atom stereocenters. The van der Waals surface area contributed by atoms with Gasteiger partial charge in [-0.25, -0.2) is 4.79 Å². The fraction of sp³-hybridized carbons (Fsp3) is 0.154. The van der Waals surface area contributed by atoms with Crippen LogP contribution in [0.3, 0.4) is 0 Å². The van der Waals surface area contributed by atoms with Crippen molar-refractivity contribution in [2.75, 3.05) is 11.9 Å². The molecule has 0 atom stereocenters. The number of carboxylic acids is 1. The highest BCUT2D eigenvalue weighted by Crippen LogP contribution is 2.31. The predicted molar refractivity (Wildman–Crippen MR) is 131 cm³/mol. The van der Waals surface area contributed by atoms with E-state index >= 15 is 0 Å². The molecule has 8 nitrogen and oxygen atoms in total. The van der Waals surface area contributed by atoms with Gasteiger partial charge in [0.15, 0.2) is 5.76 Å². The van der Waals surface area contributed by atoms with Gasteiger partial charge in [0.1, 0.15) is 11.4 Å². The minimum atomic E-state index is -0.902. The molecule has 0 saturated carbocycles. The van der Waals surface area contributed by atoms with Crippen molar-refractivity contribution in [3.63, 3.8) is 0 Å². The number of aryl methyl sites for hydroxylation is 1. The molecule has 0 fully saturated rings. The molecule has 9 heteroatoms. The Balaban J connectivity index is 1.41. The van der Waals surface area contributed by atoms with Gasteiger partial charge in [-0.3, -0.25) is 15.1 Å². The molecule has 0 radical (unpaired) electrons. The summed E-state index contributed by atoms with van der Waals surface area (Å²) in [5.74, 6) is -0.455. The summed E-state index contributed by atoms with van der Waals surface area (Å²) in [6.07, 6.45) is 1.36.